The molecule has 3 aromatic rings. The van der Waals surface area contributed by atoms with Crippen LogP contribution in [0.5, 0.6) is 5.75 Å². The van der Waals surface area contributed by atoms with Crippen LogP contribution in [-0.2, 0) is 0 Å². The molecule has 116 valence electrons. The Bertz CT molecular complexity index is 854. The third-order valence-corrected chi connectivity index (χ3v) is 3.50. The molecule has 6 heteroatoms. The second kappa shape index (κ2) is 5.92. The van der Waals surface area contributed by atoms with Gasteiger partial charge in [0.1, 0.15) is 11.4 Å². The quantitative estimate of drug-likeness (QED) is 0.801. The molecule has 23 heavy (non-hydrogen) atoms. The zero-order chi connectivity index (χ0) is 16.4. The van der Waals surface area contributed by atoms with Crippen LogP contribution in [0.4, 0.5) is 0 Å². The predicted octanol–water partition coefficient (Wildman–Crippen LogP) is 2.95. The molecular weight excluding hydrogens is 294 g/mol. The lowest BCUT2D eigenvalue weighted by atomic mass is 10.1. The highest BCUT2D eigenvalue weighted by Gasteiger charge is 2.21. The van der Waals surface area contributed by atoms with Crippen LogP contribution in [0.1, 0.15) is 16.1 Å². The Labute approximate surface area is 133 Å². The number of nitrogens with zero attached hydrogens (tertiary/aromatic N) is 3. The van der Waals surface area contributed by atoms with Gasteiger partial charge in [-0.25, -0.2) is 9.48 Å². The third kappa shape index (κ3) is 2.78. The van der Waals surface area contributed by atoms with E-state index in [0.29, 0.717) is 17.1 Å². The summed E-state index contributed by atoms with van der Waals surface area (Å²) in [6, 6.07) is 14.8. The monoisotopic (exact) mass is 309 g/mol. The van der Waals surface area contributed by atoms with E-state index in [2.05, 4.69) is 10.3 Å². The van der Waals surface area contributed by atoms with Gasteiger partial charge in [-0.1, -0.05) is 41.1 Å². The summed E-state index contributed by atoms with van der Waals surface area (Å²) in [5, 5.41) is 17.2. The number of hydrogen-bond acceptors (Lipinski definition) is 4. The maximum Gasteiger partial charge on any atom is 0.358 e. The minimum atomic E-state index is -1.12. The van der Waals surface area contributed by atoms with Crippen molar-refractivity contribution in [3.63, 3.8) is 0 Å². The fourth-order valence-electron chi connectivity index (χ4n) is 2.32. The normalized spacial score (nSPS) is 10.5. The Morgan fingerprint density at radius 2 is 1.91 bits per heavy atom. The lowest BCUT2D eigenvalue weighted by Crippen LogP contribution is -2.03. The molecule has 0 saturated carbocycles. The molecule has 1 heterocycles. The average Bonchev–Trinajstić information content (AvgIpc) is 3.01. The molecule has 0 aliphatic rings. The molecule has 0 bridgehead atoms. The first-order valence-electron chi connectivity index (χ1n) is 7.00. The van der Waals surface area contributed by atoms with Gasteiger partial charge in [0.15, 0.2) is 5.69 Å². The van der Waals surface area contributed by atoms with Crippen molar-refractivity contribution in [1.82, 2.24) is 15.0 Å². The number of rotatable bonds is 4. The molecule has 0 unspecified atom stereocenters. The van der Waals surface area contributed by atoms with E-state index in [1.54, 1.807) is 13.2 Å². The number of carboxylic acids is 1. The largest absolute Gasteiger partial charge is 0.497 e. The maximum absolute atomic E-state index is 11.5. The Morgan fingerprint density at radius 1 is 1.17 bits per heavy atom. The first-order chi connectivity index (χ1) is 11.1. The summed E-state index contributed by atoms with van der Waals surface area (Å²) in [7, 11) is 1.57. The molecule has 0 aliphatic carbocycles. The van der Waals surface area contributed by atoms with Gasteiger partial charge in [-0.3, -0.25) is 0 Å². The van der Waals surface area contributed by atoms with Gasteiger partial charge in [-0.05, 0) is 19.1 Å². The van der Waals surface area contributed by atoms with Crippen molar-refractivity contribution in [1.29, 1.82) is 0 Å². The van der Waals surface area contributed by atoms with Crippen LogP contribution in [0.15, 0.2) is 48.5 Å². The van der Waals surface area contributed by atoms with Gasteiger partial charge in [-0.15, -0.1) is 5.10 Å². The smallest absolute Gasteiger partial charge is 0.358 e. The first kappa shape index (κ1) is 14.8. The number of ether oxygens (including phenoxy) is 1. The number of carboxylic acid groups (broad SMARTS) is 1. The summed E-state index contributed by atoms with van der Waals surface area (Å²) in [5.74, 6) is -0.459. The minimum Gasteiger partial charge on any atom is -0.497 e. The molecule has 2 aromatic carbocycles. The second-order valence-electron chi connectivity index (χ2n) is 5.07. The van der Waals surface area contributed by atoms with Crippen molar-refractivity contribution in [3.05, 3.63) is 59.8 Å². The highest BCUT2D eigenvalue weighted by atomic mass is 16.5. The number of benzene rings is 2. The molecule has 0 fully saturated rings. The predicted molar refractivity (Wildman–Crippen MR) is 85.0 cm³/mol. The molecule has 0 spiro atoms. The van der Waals surface area contributed by atoms with Gasteiger partial charge in [0.25, 0.3) is 0 Å². The SMILES string of the molecule is COc1cccc(-n2nnc(C(=O)O)c2-c2ccc(C)cc2)c1. The van der Waals surface area contributed by atoms with E-state index in [1.807, 2.05) is 49.4 Å². The Kier molecular flexibility index (Phi) is 3.80. The van der Waals surface area contributed by atoms with E-state index in [-0.39, 0.29) is 5.69 Å². The number of hydrogen-bond donors (Lipinski definition) is 1. The molecule has 0 aliphatic heterocycles. The maximum atomic E-state index is 11.5. The van der Waals surface area contributed by atoms with E-state index in [0.717, 1.165) is 11.1 Å². The molecular formula is C17H15N3O3. The topological polar surface area (TPSA) is 77.2 Å². The van der Waals surface area contributed by atoms with Crippen LogP contribution >= 0.6 is 0 Å². The molecule has 1 N–H and O–H groups in total. The fraction of sp³-hybridized carbons (Fsp3) is 0.118. The third-order valence-electron chi connectivity index (χ3n) is 3.50. The van der Waals surface area contributed by atoms with Gasteiger partial charge < -0.3 is 9.84 Å². The summed E-state index contributed by atoms with van der Waals surface area (Å²) in [6.45, 7) is 1.97. The van der Waals surface area contributed by atoms with E-state index in [9.17, 15) is 9.90 Å². The van der Waals surface area contributed by atoms with Crippen molar-refractivity contribution in [2.75, 3.05) is 7.11 Å². The summed E-state index contributed by atoms with van der Waals surface area (Å²) >= 11 is 0. The van der Waals surface area contributed by atoms with Gasteiger partial charge in [0.2, 0.25) is 0 Å². The van der Waals surface area contributed by atoms with Crippen molar-refractivity contribution in [2.24, 2.45) is 0 Å². The summed E-state index contributed by atoms with van der Waals surface area (Å²) in [5.41, 5.74) is 2.86. The van der Waals surface area contributed by atoms with Gasteiger partial charge in [0, 0.05) is 11.6 Å². The van der Waals surface area contributed by atoms with Gasteiger partial charge in [-0.2, -0.15) is 0 Å². The summed E-state index contributed by atoms with van der Waals surface area (Å²) < 4.78 is 6.72. The average molecular weight is 309 g/mol. The Hall–Kier alpha value is -3.15. The molecule has 0 amide bonds. The van der Waals surface area contributed by atoms with Crippen LogP contribution in [0, 0.1) is 6.92 Å². The molecule has 1 aromatic heterocycles. The van der Waals surface area contributed by atoms with Gasteiger partial charge in [0.05, 0.1) is 12.8 Å². The molecule has 0 radical (unpaired) electrons. The van der Waals surface area contributed by atoms with E-state index < -0.39 is 5.97 Å². The first-order valence-corrected chi connectivity index (χ1v) is 7.00. The van der Waals surface area contributed by atoms with Crippen molar-refractivity contribution >= 4 is 5.97 Å². The zero-order valence-electron chi connectivity index (χ0n) is 12.7. The number of carbonyl (C=O) groups is 1. The van der Waals surface area contributed by atoms with E-state index >= 15 is 0 Å². The van der Waals surface area contributed by atoms with E-state index in [1.165, 1.54) is 4.68 Å². The lowest BCUT2D eigenvalue weighted by Gasteiger charge is -2.09. The highest BCUT2D eigenvalue weighted by Crippen LogP contribution is 2.27. The number of aromatic carboxylic acids is 1. The van der Waals surface area contributed by atoms with Gasteiger partial charge >= 0.3 is 5.97 Å². The molecule has 0 saturated heterocycles. The lowest BCUT2D eigenvalue weighted by molar-refractivity contribution is 0.0691. The number of aromatic nitrogens is 3. The minimum absolute atomic E-state index is 0.0864. The van der Waals surface area contributed by atoms with Crippen LogP contribution in [0.25, 0.3) is 16.9 Å². The van der Waals surface area contributed by atoms with Crippen molar-refractivity contribution in [2.45, 2.75) is 6.92 Å². The second-order valence-corrected chi connectivity index (χ2v) is 5.07. The highest BCUT2D eigenvalue weighted by molar-refractivity contribution is 5.93. The van der Waals surface area contributed by atoms with E-state index in [4.69, 9.17) is 4.74 Å². The summed E-state index contributed by atoms with van der Waals surface area (Å²) in [4.78, 5) is 11.5. The number of aryl methyl sites for hydroxylation is 1. The molecule has 3 rings (SSSR count). The Balaban J connectivity index is 2.21. The van der Waals surface area contributed by atoms with Crippen LogP contribution in [0.3, 0.4) is 0 Å². The molecule has 6 nitrogen and oxygen atoms in total. The molecule has 0 atom stereocenters. The summed E-state index contributed by atoms with van der Waals surface area (Å²) in [6.07, 6.45) is 0. The fourth-order valence-corrected chi connectivity index (χ4v) is 2.32. The van der Waals surface area contributed by atoms with Crippen LogP contribution in [0.2, 0.25) is 0 Å². The van der Waals surface area contributed by atoms with Crippen molar-refractivity contribution < 1.29 is 14.6 Å². The Morgan fingerprint density at radius 3 is 2.57 bits per heavy atom. The van der Waals surface area contributed by atoms with Crippen LogP contribution in [-0.4, -0.2) is 33.2 Å². The van der Waals surface area contributed by atoms with Crippen molar-refractivity contribution in [3.8, 4) is 22.7 Å². The zero-order valence-corrected chi connectivity index (χ0v) is 12.7. The van der Waals surface area contributed by atoms with Crippen LogP contribution < -0.4 is 4.74 Å². The standard InChI is InChI=1S/C17H15N3O3/c1-11-6-8-12(9-7-11)16-15(17(21)22)18-19-20(16)13-4-3-5-14(10-13)23-2/h3-10H,1-2H3,(H,21,22). The number of methoxy groups -OCH3 is 1.